The molecule has 2 aromatic rings. The van der Waals surface area contributed by atoms with E-state index in [1.54, 1.807) is 0 Å². The Bertz CT molecular complexity index is 1000. The molecule has 0 atom stereocenters. The third-order valence-corrected chi connectivity index (χ3v) is 4.24. The summed E-state index contributed by atoms with van der Waals surface area (Å²) in [5.41, 5.74) is 5.00. The zero-order valence-electron chi connectivity index (χ0n) is 14.6. The molecule has 0 aromatic carbocycles. The molecule has 0 bridgehead atoms. The molecule has 1 aliphatic heterocycles. The molecule has 11 nitrogen and oxygen atoms in total. The summed E-state index contributed by atoms with van der Waals surface area (Å²) in [6.07, 6.45) is 0.721. The van der Waals surface area contributed by atoms with Crippen LogP contribution in [0.15, 0.2) is 29.2 Å². The summed E-state index contributed by atoms with van der Waals surface area (Å²) < 4.78 is 6.67. The molecule has 1 fully saturated rings. The molecule has 144 valence electrons. The van der Waals surface area contributed by atoms with Gasteiger partial charge in [-0.05, 0) is 12.1 Å². The van der Waals surface area contributed by atoms with Crippen LogP contribution >= 0.6 is 0 Å². The smallest absolute Gasteiger partial charge is 0.407 e. The van der Waals surface area contributed by atoms with Gasteiger partial charge in [-0.1, -0.05) is 0 Å². The zero-order chi connectivity index (χ0) is 20.3. The topological polar surface area (TPSA) is 164 Å². The minimum atomic E-state index is -1.00. The van der Waals surface area contributed by atoms with Gasteiger partial charge in [0, 0.05) is 25.9 Å². The standard InChI is InChI=1S/C17H16N6O5/c18-8-10-1-2-11(9-20-10)23-14(24)7-13(15(21-23)16(19)25)28-12-3-5-22(6-4-12)17(26)27/h1-2,7,9,12H,3-6H2,(H2,19,25)(H,26,27). The summed E-state index contributed by atoms with van der Waals surface area (Å²) in [5.74, 6) is -0.933. The normalized spacial score (nSPS) is 14.3. The summed E-state index contributed by atoms with van der Waals surface area (Å²) in [4.78, 5) is 40.4. The molecule has 0 saturated carbocycles. The van der Waals surface area contributed by atoms with Gasteiger partial charge in [0.05, 0.1) is 18.0 Å². The number of carbonyl (C=O) groups excluding carboxylic acids is 1. The Balaban J connectivity index is 1.87. The second-order valence-electron chi connectivity index (χ2n) is 6.07. The van der Waals surface area contributed by atoms with Crippen molar-refractivity contribution >= 4 is 12.0 Å². The molecule has 0 unspecified atom stereocenters. The lowest BCUT2D eigenvalue weighted by Crippen LogP contribution is -2.41. The number of nitrogens with two attached hydrogens (primary N) is 1. The van der Waals surface area contributed by atoms with Crippen molar-refractivity contribution in [3.05, 3.63) is 46.1 Å². The number of ether oxygens (including phenoxy) is 1. The summed E-state index contributed by atoms with van der Waals surface area (Å²) in [6, 6.07) is 5.84. The van der Waals surface area contributed by atoms with Gasteiger partial charge in [-0.15, -0.1) is 0 Å². The second-order valence-corrected chi connectivity index (χ2v) is 6.07. The van der Waals surface area contributed by atoms with Gasteiger partial charge < -0.3 is 20.5 Å². The Morgan fingerprint density at radius 3 is 2.57 bits per heavy atom. The van der Waals surface area contributed by atoms with Crippen LogP contribution in [0.5, 0.6) is 5.75 Å². The molecule has 0 aliphatic carbocycles. The monoisotopic (exact) mass is 384 g/mol. The Kier molecular flexibility index (Phi) is 5.21. The summed E-state index contributed by atoms with van der Waals surface area (Å²) in [5, 5.41) is 21.8. The van der Waals surface area contributed by atoms with Crippen molar-refractivity contribution in [2.75, 3.05) is 13.1 Å². The predicted molar refractivity (Wildman–Crippen MR) is 94.1 cm³/mol. The van der Waals surface area contributed by atoms with E-state index in [0.717, 1.165) is 10.7 Å². The number of likely N-dealkylation sites (tertiary alicyclic amines) is 1. The highest BCUT2D eigenvalue weighted by molar-refractivity contribution is 5.93. The first kappa shape index (κ1) is 18.8. The number of pyridine rings is 1. The minimum absolute atomic E-state index is 0.0517. The van der Waals surface area contributed by atoms with Gasteiger partial charge in [-0.3, -0.25) is 9.59 Å². The molecular formula is C17H16N6O5. The summed E-state index contributed by atoms with van der Waals surface area (Å²) in [7, 11) is 0. The molecular weight excluding hydrogens is 368 g/mol. The van der Waals surface area contributed by atoms with Crippen molar-refractivity contribution in [1.29, 1.82) is 5.26 Å². The van der Waals surface area contributed by atoms with E-state index in [2.05, 4.69) is 10.1 Å². The van der Waals surface area contributed by atoms with Gasteiger partial charge in [0.1, 0.15) is 17.9 Å². The lowest BCUT2D eigenvalue weighted by molar-refractivity contribution is 0.0867. The fourth-order valence-corrected chi connectivity index (χ4v) is 2.81. The number of primary amides is 1. The maximum Gasteiger partial charge on any atom is 0.407 e. The highest BCUT2D eigenvalue weighted by Crippen LogP contribution is 2.21. The van der Waals surface area contributed by atoms with E-state index in [1.807, 2.05) is 6.07 Å². The quantitative estimate of drug-likeness (QED) is 0.750. The van der Waals surface area contributed by atoms with Gasteiger partial charge in [-0.2, -0.15) is 15.0 Å². The number of carbonyl (C=O) groups is 2. The first-order valence-electron chi connectivity index (χ1n) is 8.34. The fourth-order valence-electron chi connectivity index (χ4n) is 2.81. The van der Waals surface area contributed by atoms with Crippen LogP contribution in [0.4, 0.5) is 4.79 Å². The molecule has 2 amide bonds. The van der Waals surface area contributed by atoms with Crippen LogP contribution in [0.1, 0.15) is 29.0 Å². The van der Waals surface area contributed by atoms with Crippen molar-refractivity contribution in [1.82, 2.24) is 19.7 Å². The van der Waals surface area contributed by atoms with Crippen molar-refractivity contribution in [2.24, 2.45) is 5.73 Å². The third kappa shape index (κ3) is 3.90. The fraction of sp³-hybridized carbons (Fsp3) is 0.294. The molecule has 0 radical (unpaired) electrons. The highest BCUT2D eigenvalue weighted by Gasteiger charge is 2.26. The first-order chi connectivity index (χ1) is 13.4. The Morgan fingerprint density at radius 2 is 2.04 bits per heavy atom. The summed E-state index contributed by atoms with van der Waals surface area (Å²) >= 11 is 0. The Morgan fingerprint density at radius 1 is 1.32 bits per heavy atom. The number of aromatic nitrogens is 3. The lowest BCUT2D eigenvalue weighted by atomic mass is 10.1. The maximum absolute atomic E-state index is 12.4. The number of amides is 2. The Hall–Kier alpha value is -3.94. The highest BCUT2D eigenvalue weighted by atomic mass is 16.5. The van der Waals surface area contributed by atoms with Crippen molar-refractivity contribution in [3.63, 3.8) is 0 Å². The van der Waals surface area contributed by atoms with Crippen LogP contribution in [-0.4, -0.2) is 56.0 Å². The minimum Gasteiger partial charge on any atom is -0.488 e. The second kappa shape index (κ2) is 7.75. The first-order valence-corrected chi connectivity index (χ1v) is 8.34. The molecule has 3 N–H and O–H groups in total. The molecule has 1 aliphatic rings. The van der Waals surface area contributed by atoms with E-state index in [0.29, 0.717) is 12.8 Å². The van der Waals surface area contributed by atoms with Crippen LogP contribution in [0.25, 0.3) is 5.69 Å². The van der Waals surface area contributed by atoms with E-state index in [4.69, 9.17) is 20.8 Å². The number of nitriles is 1. The van der Waals surface area contributed by atoms with Crippen molar-refractivity contribution in [2.45, 2.75) is 18.9 Å². The van der Waals surface area contributed by atoms with Gasteiger partial charge in [0.25, 0.3) is 11.5 Å². The van der Waals surface area contributed by atoms with E-state index < -0.39 is 17.6 Å². The molecule has 0 spiro atoms. The third-order valence-electron chi connectivity index (χ3n) is 4.24. The van der Waals surface area contributed by atoms with Crippen LogP contribution < -0.4 is 16.0 Å². The van der Waals surface area contributed by atoms with Crippen LogP contribution in [0.2, 0.25) is 0 Å². The van der Waals surface area contributed by atoms with Crippen LogP contribution in [0, 0.1) is 11.3 Å². The van der Waals surface area contributed by atoms with Crippen LogP contribution in [-0.2, 0) is 0 Å². The van der Waals surface area contributed by atoms with Crippen molar-refractivity contribution in [3.8, 4) is 17.5 Å². The molecule has 2 aromatic heterocycles. The largest absolute Gasteiger partial charge is 0.488 e. The number of nitrogens with zero attached hydrogens (tertiary/aromatic N) is 5. The van der Waals surface area contributed by atoms with Gasteiger partial charge >= 0.3 is 6.09 Å². The van der Waals surface area contributed by atoms with E-state index in [-0.39, 0.29) is 42.0 Å². The summed E-state index contributed by atoms with van der Waals surface area (Å²) in [6.45, 7) is 0.570. The van der Waals surface area contributed by atoms with Crippen molar-refractivity contribution < 1.29 is 19.4 Å². The molecule has 28 heavy (non-hydrogen) atoms. The SMILES string of the molecule is N#Cc1ccc(-n2nc(C(N)=O)c(OC3CCN(C(=O)O)CC3)cc2=O)cn1. The van der Waals surface area contributed by atoms with E-state index in [1.165, 1.54) is 23.2 Å². The van der Waals surface area contributed by atoms with E-state index >= 15 is 0 Å². The van der Waals surface area contributed by atoms with Gasteiger partial charge in [0.15, 0.2) is 11.4 Å². The molecule has 3 heterocycles. The number of piperidine rings is 1. The average molecular weight is 384 g/mol. The average Bonchev–Trinajstić information content (AvgIpc) is 2.68. The zero-order valence-corrected chi connectivity index (χ0v) is 14.6. The van der Waals surface area contributed by atoms with E-state index in [9.17, 15) is 14.4 Å². The predicted octanol–water partition coefficient (Wildman–Crippen LogP) is 0.119. The number of rotatable bonds is 4. The maximum atomic E-state index is 12.4. The molecule has 1 saturated heterocycles. The number of hydrogen-bond acceptors (Lipinski definition) is 7. The Labute approximate surface area is 158 Å². The van der Waals surface area contributed by atoms with Gasteiger partial charge in [-0.25, -0.2) is 9.78 Å². The number of hydrogen-bond donors (Lipinski definition) is 2. The molecule has 11 heteroatoms. The lowest BCUT2D eigenvalue weighted by Gasteiger charge is -2.30. The van der Waals surface area contributed by atoms with Crippen LogP contribution in [0.3, 0.4) is 0 Å². The number of carboxylic acid groups (broad SMARTS) is 1. The molecule has 3 rings (SSSR count). The van der Waals surface area contributed by atoms with Gasteiger partial charge in [0.2, 0.25) is 0 Å².